The molecule has 0 radical (unpaired) electrons. The lowest BCUT2D eigenvalue weighted by Gasteiger charge is -2.47. The van der Waals surface area contributed by atoms with Crippen LogP contribution in [0, 0.1) is 5.92 Å². The first-order chi connectivity index (χ1) is 22.5. The van der Waals surface area contributed by atoms with Crippen LogP contribution in [-0.2, 0) is 28.6 Å². The smallest absolute Gasteiger partial charge is 0.397 e. The molecule has 254 valence electrons. The standard InChI is InChI=1S/C34H42ClF3N6O3/c35-28-18-22(17-27(31(28)39)34(36,37)38)16-24(32(46)43-20-26(21-43)41-11-4-1-5-12-41)19-30(45)42-13-9-25(10-14-42)44-15-8-23-6-2-3-7-29(23)40-33(44)47/h2-3,6-7,17-18,24-26H,1,4-5,8-16,19-21,39H2,(H,40,47)/t24-/m0/s1. The van der Waals surface area contributed by atoms with Gasteiger partial charge in [0, 0.05) is 56.9 Å². The predicted octanol–water partition coefficient (Wildman–Crippen LogP) is 5.27. The predicted molar refractivity (Wildman–Crippen MR) is 174 cm³/mol. The summed E-state index contributed by atoms with van der Waals surface area (Å²) in [6.07, 6.45) is 0.494. The zero-order chi connectivity index (χ0) is 33.3. The number of nitrogen functional groups attached to an aromatic ring is 1. The Labute approximate surface area is 278 Å². The van der Waals surface area contributed by atoms with Crippen molar-refractivity contribution >= 4 is 40.8 Å². The van der Waals surface area contributed by atoms with E-state index in [9.17, 15) is 27.6 Å². The zero-order valence-corrected chi connectivity index (χ0v) is 27.2. The molecular weight excluding hydrogens is 633 g/mol. The number of carbonyl (C=O) groups excluding carboxylic acids is 3. The van der Waals surface area contributed by atoms with Crippen LogP contribution < -0.4 is 11.1 Å². The molecule has 0 spiro atoms. The van der Waals surface area contributed by atoms with Crippen molar-refractivity contribution in [3.8, 4) is 0 Å². The molecule has 2 aromatic rings. The Balaban J connectivity index is 1.12. The molecule has 3 saturated heterocycles. The van der Waals surface area contributed by atoms with Gasteiger partial charge in [0.1, 0.15) is 0 Å². The lowest BCUT2D eigenvalue weighted by Crippen LogP contribution is -2.63. The number of likely N-dealkylation sites (tertiary alicyclic amines) is 3. The summed E-state index contributed by atoms with van der Waals surface area (Å²) in [5.41, 5.74) is 6.16. The SMILES string of the molecule is Nc1c(Cl)cc(C[C@@H](CC(=O)N2CCC(N3CCc4ccccc4NC3=O)CC2)C(=O)N2CC(N3CCCCC3)C2)cc1C(F)(F)F. The number of nitrogens with zero attached hydrogens (tertiary/aromatic N) is 4. The van der Waals surface area contributed by atoms with E-state index in [1.165, 1.54) is 12.5 Å². The third-order valence-electron chi connectivity index (χ3n) is 10.2. The van der Waals surface area contributed by atoms with Crippen molar-refractivity contribution in [2.24, 2.45) is 5.92 Å². The van der Waals surface area contributed by atoms with E-state index in [0.29, 0.717) is 45.6 Å². The number of carbonyl (C=O) groups is 3. The molecule has 4 heterocycles. The number of benzene rings is 2. The van der Waals surface area contributed by atoms with E-state index in [1.807, 2.05) is 29.2 Å². The average Bonchev–Trinajstić information content (AvgIpc) is 3.19. The Hall–Kier alpha value is -3.51. The van der Waals surface area contributed by atoms with E-state index in [4.69, 9.17) is 17.3 Å². The number of fused-ring (bicyclic) bond motifs is 1. The van der Waals surface area contributed by atoms with Gasteiger partial charge in [-0.05, 0) is 80.9 Å². The zero-order valence-electron chi connectivity index (χ0n) is 26.4. The molecule has 0 bridgehead atoms. The molecule has 1 atom stereocenters. The highest BCUT2D eigenvalue weighted by atomic mass is 35.5. The third-order valence-corrected chi connectivity index (χ3v) is 10.5. The first kappa shape index (κ1) is 33.4. The summed E-state index contributed by atoms with van der Waals surface area (Å²) < 4.78 is 41.2. The highest BCUT2D eigenvalue weighted by molar-refractivity contribution is 6.33. The van der Waals surface area contributed by atoms with Gasteiger partial charge in [0.05, 0.1) is 22.2 Å². The normalized spacial score (nSPS) is 20.7. The maximum absolute atomic E-state index is 13.8. The fourth-order valence-electron chi connectivity index (χ4n) is 7.47. The van der Waals surface area contributed by atoms with Crippen LogP contribution in [0.1, 0.15) is 55.2 Å². The van der Waals surface area contributed by atoms with E-state index in [-0.39, 0.29) is 53.4 Å². The summed E-state index contributed by atoms with van der Waals surface area (Å²) in [5.74, 6) is -1.30. The molecule has 4 aliphatic rings. The number of hydrogen-bond donors (Lipinski definition) is 2. The number of halogens is 4. The number of piperidine rings is 2. The molecule has 6 rings (SSSR count). The van der Waals surface area contributed by atoms with Gasteiger partial charge in [0.2, 0.25) is 11.8 Å². The van der Waals surface area contributed by atoms with E-state index in [2.05, 4.69) is 10.2 Å². The molecule has 47 heavy (non-hydrogen) atoms. The van der Waals surface area contributed by atoms with Crippen LogP contribution in [0.3, 0.4) is 0 Å². The van der Waals surface area contributed by atoms with Gasteiger partial charge in [-0.2, -0.15) is 13.2 Å². The number of amides is 4. The Morgan fingerprint density at radius 2 is 1.66 bits per heavy atom. The van der Waals surface area contributed by atoms with Crippen molar-refractivity contribution in [1.82, 2.24) is 19.6 Å². The van der Waals surface area contributed by atoms with E-state index >= 15 is 0 Å². The van der Waals surface area contributed by atoms with Gasteiger partial charge < -0.3 is 25.8 Å². The summed E-state index contributed by atoms with van der Waals surface area (Å²) in [6.45, 7) is 4.53. The second-order valence-corrected chi connectivity index (χ2v) is 13.7. The molecule has 13 heteroatoms. The van der Waals surface area contributed by atoms with Gasteiger partial charge in [0.15, 0.2) is 0 Å². The maximum Gasteiger partial charge on any atom is 0.418 e. The van der Waals surface area contributed by atoms with Crippen molar-refractivity contribution in [2.75, 3.05) is 56.9 Å². The number of anilines is 2. The van der Waals surface area contributed by atoms with Gasteiger partial charge in [-0.3, -0.25) is 14.5 Å². The molecule has 0 aromatic heterocycles. The molecule has 3 N–H and O–H groups in total. The molecule has 4 amide bonds. The first-order valence-corrected chi connectivity index (χ1v) is 17.0. The number of hydrogen-bond acceptors (Lipinski definition) is 5. The van der Waals surface area contributed by atoms with E-state index < -0.39 is 23.3 Å². The van der Waals surface area contributed by atoms with Gasteiger partial charge in [0.25, 0.3) is 0 Å². The number of rotatable bonds is 7. The minimum atomic E-state index is -4.71. The molecule has 3 fully saturated rings. The second-order valence-electron chi connectivity index (χ2n) is 13.3. The Morgan fingerprint density at radius 3 is 2.36 bits per heavy atom. The van der Waals surface area contributed by atoms with Crippen LogP contribution in [0.4, 0.5) is 29.3 Å². The lowest BCUT2D eigenvalue weighted by molar-refractivity contribution is -0.147. The maximum atomic E-state index is 13.8. The average molecular weight is 675 g/mol. The molecule has 2 aromatic carbocycles. The van der Waals surface area contributed by atoms with Crippen molar-refractivity contribution in [1.29, 1.82) is 0 Å². The summed E-state index contributed by atoms with van der Waals surface area (Å²) in [6, 6.07) is 10.1. The number of nitrogens with one attached hydrogen (secondary N) is 1. The Morgan fingerprint density at radius 1 is 0.957 bits per heavy atom. The van der Waals surface area contributed by atoms with Crippen LogP contribution in [0.15, 0.2) is 36.4 Å². The van der Waals surface area contributed by atoms with E-state index in [0.717, 1.165) is 49.7 Å². The molecule has 4 aliphatic heterocycles. The topological polar surface area (TPSA) is 102 Å². The number of alkyl halides is 3. The van der Waals surface area contributed by atoms with Crippen LogP contribution in [0.2, 0.25) is 5.02 Å². The lowest BCUT2D eigenvalue weighted by atomic mass is 9.90. The monoisotopic (exact) mass is 674 g/mol. The van der Waals surface area contributed by atoms with Gasteiger partial charge in [-0.1, -0.05) is 36.2 Å². The highest BCUT2D eigenvalue weighted by Gasteiger charge is 2.40. The minimum absolute atomic E-state index is 0.0312. The number of urea groups is 1. The quantitative estimate of drug-likeness (QED) is 0.390. The summed E-state index contributed by atoms with van der Waals surface area (Å²) in [4.78, 5) is 48.2. The van der Waals surface area contributed by atoms with Crippen LogP contribution in [-0.4, -0.2) is 95.3 Å². The van der Waals surface area contributed by atoms with Crippen LogP contribution in [0.5, 0.6) is 0 Å². The van der Waals surface area contributed by atoms with Crippen LogP contribution in [0.25, 0.3) is 0 Å². The second kappa shape index (κ2) is 13.9. The minimum Gasteiger partial charge on any atom is -0.397 e. The van der Waals surface area contributed by atoms with Gasteiger partial charge in [-0.15, -0.1) is 0 Å². The molecular formula is C34H42ClF3N6O3. The van der Waals surface area contributed by atoms with Gasteiger partial charge >= 0.3 is 12.2 Å². The summed E-state index contributed by atoms with van der Waals surface area (Å²) >= 11 is 6.11. The Kier molecular flexibility index (Phi) is 9.89. The Bertz CT molecular complexity index is 1490. The fraction of sp³-hybridized carbons (Fsp3) is 0.559. The number of nitrogens with two attached hydrogens (primary N) is 1. The van der Waals surface area contributed by atoms with Crippen molar-refractivity contribution < 1.29 is 27.6 Å². The fourth-order valence-corrected chi connectivity index (χ4v) is 7.71. The van der Waals surface area contributed by atoms with Crippen molar-refractivity contribution in [3.63, 3.8) is 0 Å². The molecule has 0 saturated carbocycles. The molecule has 0 unspecified atom stereocenters. The summed E-state index contributed by atoms with van der Waals surface area (Å²) in [7, 11) is 0. The van der Waals surface area contributed by atoms with Crippen molar-refractivity contribution in [2.45, 2.75) is 69.6 Å². The summed E-state index contributed by atoms with van der Waals surface area (Å²) in [5, 5.41) is 2.77. The van der Waals surface area contributed by atoms with E-state index in [1.54, 1.807) is 9.80 Å². The highest BCUT2D eigenvalue weighted by Crippen LogP contribution is 2.39. The number of para-hydroxylation sites is 1. The van der Waals surface area contributed by atoms with Crippen molar-refractivity contribution in [3.05, 3.63) is 58.1 Å². The third kappa shape index (κ3) is 7.48. The molecule has 0 aliphatic carbocycles. The first-order valence-electron chi connectivity index (χ1n) is 16.6. The van der Waals surface area contributed by atoms with Crippen LogP contribution >= 0.6 is 11.6 Å². The largest absolute Gasteiger partial charge is 0.418 e. The molecule has 9 nitrogen and oxygen atoms in total. The van der Waals surface area contributed by atoms with Gasteiger partial charge in [-0.25, -0.2) is 4.79 Å².